The Labute approximate surface area is 159 Å². The van der Waals surface area contributed by atoms with Crippen LogP contribution < -0.4 is 15.4 Å². The van der Waals surface area contributed by atoms with E-state index in [1.807, 2.05) is 0 Å². The fourth-order valence-corrected chi connectivity index (χ4v) is 3.71. The first-order chi connectivity index (χ1) is 12.9. The second-order valence-corrected chi connectivity index (χ2v) is 7.17. The minimum atomic E-state index is -4.71. The SMILES string of the molecule is O=C(NCCN1CCNCC1)c1ccc(-c2ccc(OC(F)(F)F)cc2)s1. The number of carbonyl (C=O) groups is 1. The number of thiophene rings is 1. The van der Waals surface area contributed by atoms with Crippen molar-refractivity contribution in [3.05, 3.63) is 41.3 Å². The van der Waals surface area contributed by atoms with Gasteiger partial charge in [0.15, 0.2) is 0 Å². The Hall–Kier alpha value is -2.10. The maximum Gasteiger partial charge on any atom is 0.573 e. The monoisotopic (exact) mass is 399 g/mol. The normalized spacial score (nSPS) is 15.5. The van der Waals surface area contributed by atoms with Gasteiger partial charge in [-0.15, -0.1) is 24.5 Å². The first-order valence-electron chi connectivity index (χ1n) is 8.58. The van der Waals surface area contributed by atoms with E-state index in [2.05, 4.69) is 20.3 Å². The van der Waals surface area contributed by atoms with Gasteiger partial charge < -0.3 is 15.4 Å². The molecule has 1 fully saturated rings. The lowest BCUT2D eigenvalue weighted by Crippen LogP contribution is -2.46. The Morgan fingerprint density at radius 3 is 2.52 bits per heavy atom. The van der Waals surface area contributed by atoms with Crippen molar-refractivity contribution in [2.45, 2.75) is 6.36 Å². The number of nitrogens with zero attached hydrogens (tertiary/aromatic N) is 1. The van der Waals surface area contributed by atoms with E-state index < -0.39 is 6.36 Å². The number of ether oxygens (including phenoxy) is 1. The number of alkyl halides is 3. The fourth-order valence-electron chi connectivity index (χ4n) is 2.79. The van der Waals surface area contributed by atoms with Crippen molar-refractivity contribution in [1.82, 2.24) is 15.5 Å². The number of amides is 1. The van der Waals surface area contributed by atoms with Gasteiger partial charge in [0.2, 0.25) is 0 Å². The van der Waals surface area contributed by atoms with Crippen LogP contribution in [0.2, 0.25) is 0 Å². The Morgan fingerprint density at radius 2 is 1.85 bits per heavy atom. The zero-order valence-electron chi connectivity index (χ0n) is 14.5. The number of halogens is 3. The highest BCUT2D eigenvalue weighted by Gasteiger charge is 2.31. The van der Waals surface area contributed by atoms with E-state index in [1.54, 1.807) is 24.3 Å². The van der Waals surface area contributed by atoms with E-state index in [-0.39, 0.29) is 11.7 Å². The summed E-state index contributed by atoms with van der Waals surface area (Å²) in [5, 5.41) is 6.19. The van der Waals surface area contributed by atoms with Gasteiger partial charge in [-0.2, -0.15) is 0 Å². The number of piperazine rings is 1. The Morgan fingerprint density at radius 1 is 1.15 bits per heavy atom. The summed E-state index contributed by atoms with van der Waals surface area (Å²) in [6.07, 6.45) is -4.71. The average molecular weight is 399 g/mol. The van der Waals surface area contributed by atoms with Crippen LogP contribution in [0.25, 0.3) is 10.4 Å². The number of rotatable bonds is 6. The first kappa shape index (κ1) is 19.7. The van der Waals surface area contributed by atoms with Gasteiger partial charge in [0.25, 0.3) is 5.91 Å². The van der Waals surface area contributed by atoms with E-state index in [0.29, 0.717) is 11.4 Å². The second kappa shape index (κ2) is 8.73. The maximum atomic E-state index is 12.3. The summed E-state index contributed by atoms with van der Waals surface area (Å²) in [4.78, 5) is 15.9. The third-order valence-electron chi connectivity index (χ3n) is 4.13. The third kappa shape index (κ3) is 5.95. The smallest absolute Gasteiger partial charge is 0.406 e. The van der Waals surface area contributed by atoms with Crippen LogP contribution in [0, 0.1) is 0 Å². The Balaban J connectivity index is 1.53. The van der Waals surface area contributed by atoms with Crippen molar-refractivity contribution >= 4 is 17.2 Å². The van der Waals surface area contributed by atoms with Crippen LogP contribution in [-0.2, 0) is 0 Å². The molecule has 2 heterocycles. The summed E-state index contributed by atoms with van der Waals surface area (Å²) in [5.41, 5.74) is 0.731. The van der Waals surface area contributed by atoms with Crippen LogP contribution in [0.15, 0.2) is 36.4 Å². The highest BCUT2D eigenvalue weighted by molar-refractivity contribution is 7.17. The molecule has 1 aromatic carbocycles. The van der Waals surface area contributed by atoms with E-state index in [4.69, 9.17) is 0 Å². The first-order valence-corrected chi connectivity index (χ1v) is 9.40. The number of carbonyl (C=O) groups excluding carboxylic acids is 1. The molecular weight excluding hydrogens is 379 g/mol. The van der Waals surface area contributed by atoms with E-state index in [9.17, 15) is 18.0 Å². The minimum absolute atomic E-state index is 0.140. The summed E-state index contributed by atoms with van der Waals surface area (Å²) >= 11 is 1.30. The molecule has 9 heteroatoms. The highest BCUT2D eigenvalue weighted by Crippen LogP contribution is 2.30. The van der Waals surface area contributed by atoms with Gasteiger partial charge in [-0.3, -0.25) is 9.69 Å². The quantitative estimate of drug-likeness (QED) is 0.784. The van der Waals surface area contributed by atoms with Crippen molar-refractivity contribution in [3.8, 4) is 16.2 Å². The Kier molecular flexibility index (Phi) is 6.35. The molecule has 27 heavy (non-hydrogen) atoms. The molecule has 0 aliphatic carbocycles. The van der Waals surface area contributed by atoms with Crippen LogP contribution in [0.5, 0.6) is 5.75 Å². The standard InChI is InChI=1S/C18H20F3N3O2S/c19-18(20,21)26-14-3-1-13(2-4-14)15-5-6-16(27-15)17(25)23-9-12-24-10-7-22-8-11-24/h1-6,22H,7-12H2,(H,23,25). The van der Waals surface area contributed by atoms with Gasteiger partial charge in [-0.1, -0.05) is 0 Å². The van der Waals surface area contributed by atoms with Crippen molar-refractivity contribution < 1.29 is 22.7 Å². The predicted octanol–water partition coefficient (Wildman–Crippen LogP) is 2.95. The van der Waals surface area contributed by atoms with Gasteiger partial charge in [0, 0.05) is 44.1 Å². The minimum Gasteiger partial charge on any atom is -0.406 e. The molecule has 0 radical (unpaired) electrons. The second-order valence-electron chi connectivity index (χ2n) is 6.08. The number of nitrogens with one attached hydrogen (secondary N) is 2. The maximum absolute atomic E-state index is 12.3. The van der Waals surface area contributed by atoms with Crippen molar-refractivity contribution in [3.63, 3.8) is 0 Å². The topological polar surface area (TPSA) is 53.6 Å². The molecule has 0 spiro atoms. The number of benzene rings is 1. The lowest BCUT2D eigenvalue weighted by atomic mass is 10.2. The molecule has 2 aromatic rings. The molecule has 0 unspecified atom stereocenters. The van der Waals surface area contributed by atoms with Crippen LogP contribution >= 0.6 is 11.3 Å². The molecule has 1 aromatic heterocycles. The lowest BCUT2D eigenvalue weighted by molar-refractivity contribution is -0.274. The predicted molar refractivity (Wildman–Crippen MR) is 98.1 cm³/mol. The Bertz CT molecular complexity index is 756. The molecule has 2 N–H and O–H groups in total. The zero-order valence-corrected chi connectivity index (χ0v) is 15.3. The molecule has 1 aliphatic rings. The molecular formula is C18H20F3N3O2S. The van der Waals surface area contributed by atoms with Gasteiger partial charge in [0.05, 0.1) is 4.88 Å². The van der Waals surface area contributed by atoms with E-state index >= 15 is 0 Å². The summed E-state index contributed by atoms with van der Waals surface area (Å²) in [7, 11) is 0. The highest BCUT2D eigenvalue weighted by atomic mass is 32.1. The van der Waals surface area contributed by atoms with Crippen molar-refractivity contribution in [2.75, 3.05) is 39.3 Å². The summed E-state index contributed by atoms with van der Waals surface area (Å²) in [6.45, 7) is 5.28. The van der Waals surface area contributed by atoms with Crippen LogP contribution in [0.1, 0.15) is 9.67 Å². The molecule has 1 saturated heterocycles. The van der Waals surface area contributed by atoms with E-state index in [0.717, 1.165) is 43.2 Å². The molecule has 146 valence electrons. The molecule has 5 nitrogen and oxygen atoms in total. The number of hydrogen-bond donors (Lipinski definition) is 2. The fraction of sp³-hybridized carbons (Fsp3) is 0.389. The van der Waals surface area contributed by atoms with Gasteiger partial charge >= 0.3 is 6.36 Å². The number of hydrogen-bond acceptors (Lipinski definition) is 5. The summed E-state index contributed by atoms with van der Waals surface area (Å²) < 4.78 is 40.5. The molecule has 0 bridgehead atoms. The zero-order chi connectivity index (χ0) is 19.3. The van der Waals surface area contributed by atoms with Crippen molar-refractivity contribution in [2.24, 2.45) is 0 Å². The van der Waals surface area contributed by atoms with Crippen LogP contribution in [0.3, 0.4) is 0 Å². The average Bonchev–Trinajstić information content (AvgIpc) is 3.12. The van der Waals surface area contributed by atoms with Gasteiger partial charge in [-0.05, 0) is 42.0 Å². The molecule has 1 amide bonds. The van der Waals surface area contributed by atoms with Gasteiger partial charge in [0.1, 0.15) is 5.75 Å². The van der Waals surface area contributed by atoms with Crippen LogP contribution in [0.4, 0.5) is 13.2 Å². The molecule has 3 rings (SSSR count). The molecule has 0 atom stereocenters. The largest absolute Gasteiger partial charge is 0.573 e. The molecule has 1 aliphatic heterocycles. The van der Waals surface area contributed by atoms with Crippen LogP contribution in [-0.4, -0.2) is 56.4 Å². The van der Waals surface area contributed by atoms with Gasteiger partial charge in [-0.25, -0.2) is 0 Å². The van der Waals surface area contributed by atoms with E-state index in [1.165, 1.54) is 23.5 Å². The molecule has 0 saturated carbocycles. The summed E-state index contributed by atoms with van der Waals surface area (Å²) in [5.74, 6) is -0.410. The van der Waals surface area contributed by atoms with Crippen molar-refractivity contribution in [1.29, 1.82) is 0 Å². The third-order valence-corrected chi connectivity index (χ3v) is 5.26. The summed E-state index contributed by atoms with van der Waals surface area (Å²) in [6, 6.07) is 9.11. The lowest BCUT2D eigenvalue weighted by Gasteiger charge is -2.26.